The number of anilines is 1. The Labute approximate surface area is 201 Å². The second-order valence-corrected chi connectivity index (χ2v) is 12.5. The fourth-order valence-corrected chi connectivity index (χ4v) is 5.25. The molecule has 1 fully saturated rings. The van der Waals surface area contributed by atoms with Crippen molar-refractivity contribution in [3.8, 4) is 0 Å². The maximum atomic E-state index is 12.1. The molecule has 0 saturated carbocycles. The lowest BCUT2D eigenvalue weighted by Crippen LogP contribution is -2.42. The molecule has 3 unspecified atom stereocenters. The first-order valence-corrected chi connectivity index (χ1v) is 15.0. The third-order valence-corrected chi connectivity index (χ3v) is 6.64. The molecule has 0 amide bonds. The molecule has 5 N–H and O–H groups in total. The summed E-state index contributed by atoms with van der Waals surface area (Å²) < 4.78 is 63.2. The summed E-state index contributed by atoms with van der Waals surface area (Å²) in [7, 11) is -13.7. The van der Waals surface area contributed by atoms with Crippen LogP contribution in [0.25, 0.3) is 21.6 Å². The van der Waals surface area contributed by atoms with Crippen LogP contribution in [0, 0.1) is 0 Å². The summed E-state index contributed by atoms with van der Waals surface area (Å²) in [5.74, 6) is 0.0596. The van der Waals surface area contributed by atoms with Gasteiger partial charge in [0.05, 0.1) is 19.0 Å². The van der Waals surface area contributed by atoms with Crippen LogP contribution < -0.4 is 5.73 Å². The smallest absolute Gasteiger partial charge is 0.389 e. The van der Waals surface area contributed by atoms with E-state index in [0.717, 1.165) is 6.33 Å². The highest BCUT2D eigenvalue weighted by Gasteiger charge is 2.55. The Morgan fingerprint density at radius 1 is 1.22 bits per heavy atom. The molecule has 0 radical (unpaired) electrons. The Balaban J connectivity index is 1.73. The van der Waals surface area contributed by atoms with Crippen LogP contribution in [-0.4, -0.2) is 72.1 Å². The van der Waals surface area contributed by atoms with E-state index >= 15 is 0 Å². The van der Waals surface area contributed by atoms with Crippen molar-refractivity contribution >= 4 is 40.0 Å². The molecule has 23 heteroatoms. The fraction of sp³-hybridized carbons (Fsp3) is 0.615. The second kappa shape index (κ2) is 10.4. The molecule has 0 bridgehead atoms. The van der Waals surface area contributed by atoms with Gasteiger partial charge in [0.15, 0.2) is 17.7 Å². The molecule has 7 atom stereocenters. The number of hydrogen-bond acceptors (Lipinski definition) is 15. The Morgan fingerprint density at radius 2 is 1.89 bits per heavy atom. The van der Waals surface area contributed by atoms with Crippen LogP contribution in [0.5, 0.6) is 0 Å². The van der Waals surface area contributed by atoms with E-state index in [4.69, 9.17) is 25.4 Å². The van der Waals surface area contributed by atoms with Crippen LogP contribution in [0.4, 0.5) is 5.82 Å². The number of rotatable bonds is 11. The standard InChI is InChI=1S/C13H21N8O12P3/c1-13(19-20-15)9(22)7(29-12(13)21-6-18-8-10(14)16-5-17-11(8)21)4-28-36(26,27)33-32-35(3,25)31-30-34(2,23)24/h5-7,9,12,22H,4H2,1-3H3,(H,23,24)(H,26,27)(H2,14,16,17)/t7-,9-,12-,13-,35?/m1/s1. The van der Waals surface area contributed by atoms with Gasteiger partial charge in [-0.05, 0) is 12.5 Å². The van der Waals surface area contributed by atoms with Gasteiger partial charge in [0.25, 0.3) is 0 Å². The first kappa shape index (κ1) is 28.6. The number of aliphatic hydroxyl groups is 1. The highest BCUT2D eigenvalue weighted by molar-refractivity contribution is 7.55. The van der Waals surface area contributed by atoms with Gasteiger partial charge in [-0.1, -0.05) is 5.11 Å². The normalized spacial score (nSPS) is 29.2. The van der Waals surface area contributed by atoms with Crippen LogP contribution in [0.15, 0.2) is 17.8 Å². The number of ether oxygens (including phenoxy) is 1. The molecule has 200 valence electrons. The maximum Gasteiger partial charge on any atom is 0.500 e. The SMILES string of the molecule is C[C@@]1(N=[N+]=[N-])[C@H](O)[C@@H](COP(=O)(O)OOP(C)(=O)OOP(C)(=O)O)O[C@H]1n1cnc2c(N)ncnc21. The summed E-state index contributed by atoms with van der Waals surface area (Å²) in [5, 5.41) is 14.4. The van der Waals surface area contributed by atoms with Crippen LogP contribution in [-0.2, 0) is 41.7 Å². The minimum absolute atomic E-state index is 0.0596. The van der Waals surface area contributed by atoms with E-state index in [-0.39, 0.29) is 17.0 Å². The topological polar surface area (TPSA) is 286 Å². The summed E-state index contributed by atoms with van der Waals surface area (Å²) in [6, 6.07) is 0. The van der Waals surface area contributed by atoms with Crippen molar-refractivity contribution in [2.24, 2.45) is 5.11 Å². The van der Waals surface area contributed by atoms with E-state index in [1.165, 1.54) is 17.8 Å². The summed E-state index contributed by atoms with van der Waals surface area (Å²) in [4.78, 5) is 33.5. The zero-order valence-corrected chi connectivity index (χ0v) is 21.3. The van der Waals surface area contributed by atoms with Crippen molar-refractivity contribution in [3.05, 3.63) is 23.1 Å². The molecule has 36 heavy (non-hydrogen) atoms. The molecular formula is C13H21N8O12P3. The van der Waals surface area contributed by atoms with Crippen molar-refractivity contribution in [2.45, 2.75) is 30.9 Å². The van der Waals surface area contributed by atoms with Crippen molar-refractivity contribution in [2.75, 3.05) is 25.7 Å². The van der Waals surface area contributed by atoms with Gasteiger partial charge in [0.2, 0.25) is 0 Å². The number of nitrogens with two attached hydrogens (primary N) is 1. The predicted molar refractivity (Wildman–Crippen MR) is 117 cm³/mol. The first-order valence-electron chi connectivity index (χ1n) is 9.52. The van der Waals surface area contributed by atoms with Gasteiger partial charge >= 0.3 is 23.0 Å². The van der Waals surface area contributed by atoms with Crippen molar-refractivity contribution < 1.29 is 56.5 Å². The van der Waals surface area contributed by atoms with Gasteiger partial charge in [0, 0.05) is 18.2 Å². The largest absolute Gasteiger partial charge is 0.500 e. The van der Waals surface area contributed by atoms with E-state index in [0.29, 0.717) is 13.3 Å². The molecule has 3 rings (SSSR count). The summed E-state index contributed by atoms with van der Waals surface area (Å²) >= 11 is 0. The molecule has 1 aliphatic heterocycles. The molecule has 3 heterocycles. The third kappa shape index (κ3) is 6.45. The Kier molecular flexibility index (Phi) is 8.25. The molecule has 20 nitrogen and oxygen atoms in total. The van der Waals surface area contributed by atoms with Gasteiger partial charge in [0.1, 0.15) is 23.5 Å². The molecule has 1 aliphatic rings. The van der Waals surface area contributed by atoms with Gasteiger partial charge in [-0.15, -0.1) is 18.7 Å². The lowest BCUT2D eigenvalue weighted by molar-refractivity contribution is -0.185. The summed E-state index contributed by atoms with van der Waals surface area (Å²) in [5.41, 5.74) is 13.5. The van der Waals surface area contributed by atoms with Gasteiger partial charge in [-0.25, -0.2) is 19.5 Å². The molecule has 0 aliphatic carbocycles. The number of phosphoric acid groups is 1. The van der Waals surface area contributed by atoms with Crippen LogP contribution in [0.3, 0.4) is 0 Å². The van der Waals surface area contributed by atoms with E-state index in [2.05, 4.69) is 43.7 Å². The minimum atomic E-state index is -5.13. The number of nitrogen functional groups attached to an aromatic ring is 1. The number of hydrogen-bond donors (Lipinski definition) is 4. The number of aliphatic hydroxyl groups excluding tert-OH is 1. The predicted octanol–water partition coefficient (Wildman–Crippen LogP) is 1.39. The fourth-order valence-electron chi connectivity index (χ4n) is 3.05. The number of phosphoric ester groups is 1. The number of nitrogens with zero attached hydrogens (tertiary/aromatic N) is 7. The van der Waals surface area contributed by atoms with Crippen molar-refractivity contribution in [1.29, 1.82) is 0 Å². The quantitative estimate of drug-likeness (QED) is 0.0736. The van der Waals surface area contributed by atoms with Crippen molar-refractivity contribution in [1.82, 2.24) is 19.5 Å². The molecule has 1 saturated heterocycles. The van der Waals surface area contributed by atoms with Gasteiger partial charge < -0.3 is 25.4 Å². The zero-order chi connectivity index (χ0) is 26.9. The molecule has 2 aromatic heterocycles. The average molecular weight is 574 g/mol. The number of azide groups is 1. The average Bonchev–Trinajstić information content (AvgIpc) is 3.30. The Morgan fingerprint density at radius 3 is 2.53 bits per heavy atom. The Hall–Kier alpha value is -2.01. The lowest BCUT2D eigenvalue weighted by Gasteiger charge is -2.27. The van der Waals surface area contributed by atoms with E-state index in [1.54, 1.807) is 0 Å². The maximum absolute atomic E-state index is 12.1. The molecule has 2 aromatic rings. The van der Waals surface area contributed by atoms with E-state index in [1.807, 2.05) is 0 Å². The zero-order valence-electron chi connectivity index (χ0n) is 18.7. The molecule has 0 aromatic carbocycles. The number of aromatic nitrogens is 4. The second-order valence-electron chi connectivity index (χ2n) is 7.61. The van der Waals surface area contributed by atoms with E-state index < -0.39 is 53.6 Å². The van der Waals surface area contributed by atoms with Crippen molar-refractivity contribution in [3.63, 3.8) is 0 Å². The highest BCUT2D eigenvalue weighted by atomic mass is 31.2. The minimum Gasteiger partial charge on any atom is -0.389 e. The highest BCUT2D eigenvalue weighted by Crippen LogP contribution is 2.55. The summed E-state index contributed by atoms with van der Waals surface area (Å²) in [6.07, 6.45) is -1.77. The summed E-state index contributed by atoms with van der Waals surface area (Å²) in [6.45, 7) is 1.96. The number of imidazole rings is 1. The molecule has 0 spiro atoms. The lowest BCUT2D eigenvalue weighted by atomic mass is 9.93. The number of fused-ring (bicyclic) bond motifs is 1. The van der Waals surface area contributed by atoms with E-state index in [9.17, 15) is 23.7 Å². The monoisotopic (exact) mass is 574 g/mol. The first-order chi connectivity index (χ1) is 16.6. The van der Waals surface area contributed by atoms with Crippen LogP contribution in [0.1, 0.15) is 13.2 Å². The van der Waals surface area contributed by atoms with Crippen LogP contribution >= 0.6 is 23.0 Å². The van der Waals surface area contributed by atoms with Gasteiger partial charge in [-0.2, -0.15) is 0 Å². The van der Waals surface area contributed by atoms with Crippen LogP contribution in [0.2, 0.25) is 0 Å². The third-order valence-electron chi connectivity index (χ3n) is 4.63. The molecular weight excluding hydrogens is 553 g/mol. The Bertz CT molecular complexity index is 1310. The van der Waals surface area contributed by atoms with Gasteiger partial charge in [-0.3, -0.25) is 18.2 Å².